The third kappa shape index (κ3) is 3.36. The molecule has 1 heterocycles. The van der Waals surface area contributed by atoms with Crippen LogP contribution >= 0.6 is 0 Å². The van der Waals surface area contributed by atoms with Crippen molar-refractivity contribution in [2.75, 3.05) is 0 Å². The number of aliphatic imine (C=N–C) groups is 1. The second kappa shape index (κ2) is 6.22. The zero-order valence-electron chi connectivity index (χ0n) is 15.5. The molecule has 0 fully saturated rings. The molecule has 0 aliphatic carbocycles. The predicted octanol–water partition coefficient (Wildman–Crippen LogP) is 6.74. The number of alkyl halides is 3. The molecule has 4 rings (SSSR count). The molecule has 0 aromatic heterocycles. The Morgan fingerprint density at radius 3 is 2.26 bits per heavy atom. The van der Waals surface area contributed by atoms with Crippen molar-refractivity contribution in [3.63, 3.8) is 0 Å². The molecule has 138 valence electrons. The van der Waals surface area contributed by atoms with Crippen LogP contribution < -0.4 is 0 Å². The Hall–Kier alpha value is -2.62. The van der Waals surface area contributed by atoms with E-state index in [-0.39, 0.29) is 6.42 Å². The standard InChI is InChI=1S/C23H20F3N/c1-13-8-14(2)10-18(9-13)22-19-12-16(6-7-23(24,25)26)11-17-5-4-15(3)21(27-22)20(17)19/h4-5,8-12H,6-7H2,1-3H3. The fourth-order valence-corrected chi connectivity index (χ4v) is 3.88. The highest BCUT2D eigenvalue weighted by atomic mass is 19.4. The first-order chi connectivity index (χ1) is 12.7. The van der Waals surface area contributed by atoms with Crippen molar-refractivity contribution in [1.29, 1.82) is 0 Å². The zero-order valence-corrected chi connectivity index (χ0v) is 15.5. The van der Waals surface area contributed by atoms with Gasteiger partial charge in [-0.1, -0.05) is 35.4 Å². The summed E-state index contributed by atoms with van der Waals surface area (Å²) in [6, 6.07) is 14.0. The van der Waals surface area contributed by atoms with Gasteiger partial charge in [-0.05, 0) is 61.9 Å². The Bertz CT molecular complexity index is 1070. The third-order valence-electron chi connectivity index (χ3n) is 5.02. The van der Waals surface area contributed by atoms with Crippen LogP contribution in [0.3, 0.4) is 0 Å². The van der Waals surface area contributed by atoms with Gasteiger partial charge in [-0.15, -0.1) is 0 Å². The lowest BCUT2D eigenvalue weighted by Crippen LogP contribution is -2.09. The first kappa shape index (κ1) is 17.8. The van der Waals surface area contributed by atoms with Gasteiger partial charge in [0.25, 0.3) is 0 Å². The van der Waals surface area contributed by atoms with Gasteiger partial charge in [0.05, 0.1) is 11.4 Å². The lowest BCUT2D eigenvalue weighted by Gasteiger charge is -2.11. The summed E-state index contributed by atoms with van der Waals surface area (Å²) in [6.07, 6.45) is -4.99. The number of aryl methyl sites for hydroxylation is 4. The van der Waals surface area contributed by atoms with Crippen LogP contribution in [0.2, 0.25) is 0 Å². The fourth-order valence-electron chi connectivity index (χ4n) is 3.88. The van der Waals surface area contributed by atoms with Gasteiger partial charge in [0, 0.05) is 22.9 Å². The molecule has 3 aromatic rings. The van der Waals surface area contributed by atoms with E-state index < -0.39 is 12.6 Å². The third-order valence-corrected chi connectivity index (χ3v) is 5.02. The maximum absolute atomic E-state index is 12.7. The topological polar surface area (TPSA) is 12.4 Å². The van der Waals surface area contributed by atoms with Gasteiger partial charge in [-0.2, -0.15) is 13.2 Å². The van der Waals surface area contributed by atoms with E-state index in [1.54, 1.807) is 0 Å². The van der Waals surface area contributed by atoms with Crippen molar-refractivity contribution in [2.45, 2.75) is 39.8 Å². The Kier molecular flexibility index (Phi) is 4.10. The Morgan fingerprint density at radius 2 is 1.59 bits per heavy atom. The highest BCUT2D eigenvalue weighted by molar-refractivity contribution is 6.26. The summed E-state index contributed by atoms with van der Waals surface area (Å²) in [6.45, 7) is 6.10. The first-order valence-electron chi connectivity index (χ1n) is 9.02. The molecule has 0 saturated heterocycles. The SMILES string of the molecule is Cc1cc(C)cc(C2=Nc3c(C)ccc4cc(CCC(F)(F)F)cc2c34)c1. The molecule has 4 heteroatoms. The van der Waals surface area contributed by atoms with Gasteiger partial charge in [0.1, 0.15) is 0 Å². The molecule has 1 nitrogen and oxygen atoms in total. The summed E-state index contributed by atoms with van der Waals surface area (Å²) in [5, 5.41) is 1.99. The minimum atomic E-state index is -4.15. The molecule has 1 aliphatic heterocycles. The van der Waals surface area contributed by atoms with Crippen molar-refractivity contribution in [3.8, 4) is 0 Å². The van der Waals surface area contributed by atoms with Gasteiger partial charge in [0.2, 0.25) is 0 Å². The molecule has 0 N–H and O–H groups in total. The molecule has 0 bridgehead atoms. The number of hydrogen-bond donors (Lipinski definition) is 0. The zero-order chi connectivity index (χ0) is 19.3. The van der Waals surface area contributed by atoms with Gasteiger partial charge >= 0.3 is 6.18 Å². The molecular weight excluding hydrogens is 347 g/mol. The molecule has 1 aliphatic rings. The lowest BCUT2D eigenvalue weighted by molar-refractivity contribution is -0.133. The second-order valence-electron chi connectivity index (χ2n) is 7.42. The van der Waals surface area contributed by atoms with E-state index in [2.05, 4.69) is 18.2 Å². The smallest absolute Gasteiger partial charge is 0.247 e. The van der Waals surface area contributed by atoms with Crippen molar-refractivity contribution < 1.29 is 13.2 Å². The van der Waals surface area contributed by atoms with Crippen LogP contribution in [0, 0.1) is 20.8 Å². The molecule has 0 spiro atoms. The predicted molar refractivity (Wildman–Crippen MR) is 104 cm³/mol. The van der Waals surface area contributed by atoms with E-state index in [0.717, 1.165) is 50.0 Å². The molecule has 0 saturated carbocycles. The molecule has 0 radical (unpaired) electrons. The van der Waals surface area contributed by atoms with Crippen LogP contribution in [0.15, 0.2) is 47.5 Å². The molecule has 27 heavy (non-hydrogen) atoms. The number of rotatable bonds is 3. The van der Waals surface area contributed by atoms with Gasteiger partial charge in [-0.25, -0.2) is 4.99 Å². The maximum atomic E-state index is 12.7. The van der Waals surface area contributed by atoms with Gasteiger partial charge in [0.15, 0.2) is 0 Å². The number of halogens is 3. The Labute approximate surface area is 156 Å². The fraction of sp³-hybridized carbons (Fsp3) is 0.261. The lowest BCUT2D eigenvalue weighted by atomic mass is 9.92. The van der Waals surface area contributed by atoms with Crippen LogP contribution in [0.25, 0.3) is 10.8 Å². The Morgan fingerprint density at radius 1 is 0.889 bits per heavy atom. The van der Waals surface area contributed by atoms with Crippen LogP contribution in [0.1, 0.15) is 39.8 Å². The quantitative estimate of drug-likeness (QED) is 0.380. The van der Waals surface area contributed by atoms with Crippen molar-refractivity contribution >= 4 is 22.2 Å². The van der Waals surface area contributed by atoms with Gasteiger partial charge < -0.3 is 0 Å². The van der Waals surface area contributed by atoms with E-state index in [0.29, 0.717) is 5.56 Å². The summed E-state index contributed by atoms with van der Waals surface area (Å²) < 4.78 is 38.1. The van der Waals surface area contributed by atoms with E-state index >= 15 is 0 Å². The number of nitrogens with zero attached hydrogens (tertiary/aromatic N) is 1. The Balaban J connectivity index is 1.88. The molecule has 3 aromatic carbocycles. The first-order valence-corrected chi connectivity index (χ1v) is 9.02. The largest absolute Gasteiger partial charge is 0.389 e. The van der Waals surface area contributed by atoms with Crippen molar-refractivity contribution in [3.05, 3.63) is 75.8 Å². The number of hydrogen-bond acceptors (Lipinski definition) is 1. The summed E-state index contributed by atoms with van der Waals surface area (Å²) >= 11 is 0. The van der Waals surface area contributed by atoms with E-state index in [1.165, 1.54) is 0 Å². The molecule has 0 amide bonds. The number of benzene rings is 3. The average Bonchev–Trinajstić information content (AvgIpc) is 2.96. The molecule has 0 unspecified atom stereocenters. The van der Waals surface area contributed by atoms with Crippen molar-refractivity contribution in [2.24, 2.45) is 4.99 Å². The average molecular weight is 367 g/mol. The van der Waals surface area contributed by atoms with Crippen LogP contribution in [0.5, 0.6) is 0 Å². The van der Waals surface area contributed by atoms with E-state index in [4.69, 9.17) is 4.99 Å². The highest BCUT2D eigenvalue weighted by Gasteiger charge is 2.28. The summed E-state index contributed by atoms with van der Waals surface area (Å²) in [5.41, 5.74) is 7.79. The summed E-state index contributed by atoms with van der Waals surface area (Å²) in [5.74, 6) is 0. The second-order valence-corrected chi connectivity index (χ2v) is 7.42. The van der Waals surface area contributed by atoms with Crippen LogP contribution in [-0.2, 0) is 6.42 Å². The maximum Gasteiger partial charge on any atom is 0.389 e. The van der Waals surface area contributed by atoms with Gasteiger partial charge in [-0.3, -0.25) is 0 Å². The van der Waals surface area contributed by atoms with E-state index in [9.17, 15) is 13.2 Å². The van der Waals surface area contributed by atoms with Crippen LogP contribution in [0.4, 0.5) is 18.9 Å². The molecule has 0 atom stereocenters. The van der Waals surface area contributed by atoms with Crippen molar-refractivity contribution in [1.82, 2.24) is 0 Å². The van der Waals surface area contributed by atoms with Crippen LogP contribution in [-0.4, -0.2) is 11.9 Å². The summed E-state index contributed by atoms with van der Waals surface area (Å²) in [4.78, 5) is 4.89. The highest BCUT2D eigenvalue weighted by Crippen LogP contribution is 2.41. The monoisotopic (exact) mass is 367 g/mol. The normalized spacial score (nSPS) is 13.3. The summed E-state index contributed by atoms with van der Waals surface area (Å²) in [7, 11) is 0. The molecular formula is C23H20F3N. The minimum Gasteiger partial charge on any atom is -0.247 e. The minimum absolute atomic E-state index is 0.0181. The van der Waals surface area contributed by atoms with E-state index in [1.807, 2.05) is 45.0 Å².